The highest BCUT2D eigenvalue weighted by Gasteiger charge is 2.47. The van der Waals surface area contributed by atoms with Gasteiger partial charge in [0, 0.05) is 0 Å². The van der Waals surface area contributed by atoms with Crippen LogP contribution in [0, 0.1) is 5.92 Å². The number of carboxylic acid groups (broad SMARTS) is 1. The van der Waals surface area contributed by atoms with Crippen LogP contribution in [0.25, 0.3) is 0 Å². The van der Waals surface area contributed by atoms with E-state index in [2.05, 4.69) is 0 Å². The van der Waals surface area contributed by atoms with Gasteiger partial charge in [0.15, 0.2) is 5.92 Å². The van der Waals surface area contributed by atoms with Gasteiger partial charge in [-0.2, -0.15) is 13.2 Å². The van der Waals surface area contributed by atoms with Gasteiger partial charge in [0.05, 0.1) is 11.5 Å². The van der Waals surface area contributed by atoms with Crippen LogP contribution in [0.5, 0.6) is 0 Å². The molecular formula is C12H8F3NO4. The molecule has 0 saturated carbocycles. The summed E-state index contributed by atoms with van der Waals surface area (Å²) >= 11 is 0. The van der Waals surface area contributed by atoms with E-state index in [1.54, 1.807) is 0 Å². The highest BCUT2D eigenvalue weighted by molar-refractivity contribution is 6.15. The molecule has 2 N–H and O–H groups in total. The predicted molar refractivity (Wildman–Crippen MR) is 58.5 cm³/mol. The summed E-state index contributed by atoms with van der Waals surface area (Å²) in [5.41, 5.74) is -1.16. The maximum absolute atomic E-state index is 12.6. The van der Waals surface area contributed by atoms with Crippen molar-refractivity contribution in [1.82, 2.24) is 5.32 Å². The number of halogens is 3. The first-order valence-electron chi connectivity index (χ1n) is 5.46. The van der Waals surface area contributed by atoms with E-state index in [1.807, 2.05) is 5.32 Å². The quantitative estimate of drug-likeness (QED) is 0.631. The third kappa shape index (κ3) is 2.36. The van der Waals surface area contributed by atoms with Gasteiger partial charge in [-0.1, -0.05) is 18.2 Å². The third-order valence-electron chi connectivity index (χ3n) is 2.98. The van der Waals surface area contributed by atoms with Gasteiger partial charge in [-0.05, 0) is 11.6 Å². The SMILES string of the molecule is O=C(O)C1C(=O)NC(=O)C1c1cccc(C(F)(F)F)c1. The Kier molecular flexibility index (Phi) is 3.24. The first-order chi connectivity index (χ1) is 9.21. The number of hydrogen-bond donors (Lipinski definition) is 2. The zero-order valence-corrected chi connectivity index (χ0v) is 9.77. The lowest BCUT2D eigenvalue weighted by atomic mass is 9.87. The molecule has 1 saturated heterocycles. The van der Waals surface area contributed by atoms with Crippen LogP contribution in [0.3, 0.4) is 0 Å². The summed E-state index contributed by atoms with van der Waals surface area (Å²) in [6.07, 6.45) is -4.62. The van der Waals surface area contributed by atoms with Crippen LogP contribution in [0.15, 0.2) is 24.3 Å². The van der Waals surface area contributed by atoms with Crippen molar-refractivity contribution in [2.45, 2.75) is 12.1 Å². The van der Waals surface area contributed by atoms with Crippen LogP contribution in [0.1, 0.15) is 17.0 Å². The molecule has 0 radical (unpaired) electrons. The second-order valence-electron chi connectivity index (χ2n) is 4.27. The Morgan fingerprint density at radius 3 is 2.40 bits per heavy atom. The van der Waals surface area contributed by atoms with Crippen LogP contribution in [0.4, 0.5) is 13.2 Å². The fourth-order valence-electron chi connectivity index (χ4n) is 2.09. The predicted octanol–water partition coefficient (Wildman–Crippen LogP) is 1.15. The summed E-state index contributed by atoms with van der Waals surface area (Å²) in [5, 5.41) is 10.7. The Labute approximate surface area is 110 Å². The monoisotopic (exact) mass is 287 g/mol. The number of amides is 2. The fourth-order valence-corrected chi connectivity index (χ4v) is 2.09. The maximum Gasteiger partial charge on any atom is 0.416 e. The molecule has 1 aliphatic heterocycles. The minimum absolute atomic E-state index is 0.157. The molecule has 20 heavy (non-hydrogen) atoms. The topological polar surface area (TPSA) is 83.5 Å². The Morgan fingerprint density at radius 1 is 1.20 bits per heavy atom. The number of hydrogen-bond acceptors (Lipinski definition) is 3. The van der Waals surface area contributed by atoms with Gasteiger partial charge >= 0.3 is 12.1 Å². The Morgan fingerprint density at radius 2 is 1.85 bits per heavy atom. The fraction of sp³-hybridized carbons (Fsp3) is 0.250. The Balaban J connectivity index is 2.47. The minimum atomic E-state index is -4.62. The summed E-state index contributed by atoms with van der Waals surface area (Å²) < 4.78 is 37.8. The number of rotatable bonds is 2. The molecular weight excluding hydrogens is 279 g/mol. The second kappa shape index (κ2) is 4.62. The summed E-state index contributed by atoms with van der Waals surface area (Å²) in [5.74, 6) is -6.67. The first-order valence-corrected chi connectivity index (χ1v) is 5.46. The van der Waals surface area contributed by atoms with Gasteiger partial charge in [0.2, 0.25) is 11.8 Å². The van der Waals surface area contributed by atoms with E-state index in [9.17, 15) is 27.6 Å². The number of imide groups is 1. The van der Waals surface area contributed by atoms with E-state index in [-0.39, 0.29) is 5.56 Å². The molecule has 1 aliphatic rings. The molecule has 8 heteroatoms. The average Bonchev–Trinajstić information content (AvgIpc) is 2.63. The van der Waals surface area contributed by atoms with Crippen molar-refractivity contribution in [3.05, 3.63) is 35.4 Å². The molecule has 1 aromatic rings. The van der Waals surface area contributed by atoms with Gasteiger partial charge in [-0.15, -0.1) is 0 Å². The van der Waals surface area contributed by atoms with E-state index in [0.29, 0.717) is 6.07 Å². The summed E-state index contributed by atoms with van der Waals surface area (Å²) in [6, 6.07) is 3.73. The van der Waals surface area contributed by atoms with Gasteiger partial charge < -0.3 is 5.11 Å². The van der Waals surface area contributed by atoms with Crippen LogP contribution < -0.4 is 5.32 Å². The molecule has 1 aromatic carbocycles. The third-order valence-corrected chi connectivity index (χ3v) is 2.98. The molecule has 2 amide bonds. The van der Waals surface area contributed by atoms with Gasteiger partial charge in [-0.3, -0.25) is 19.7 Å². The van der Waals surface area contributed by atoms with Crippen LogP contribution in [-0.2, 0) is 20.6 Å². The Bertz CT molecular complexity index is 597. The number of nitrogens with one attached hydrogen (secondary N) is 1. The van der Waals surface area contributed by atoms with E-state index in [1.165, 1.54) is 6.07 Å². The van der Waals surface area contributed by atoms with E-state index < -0.39 is 41.4 Å². The van der Waals surface area contributed by atoms with Crippen molar-refractivity contribution >= 4 is 17.8 Å². The number of benzene rings is 1. The standard InChI is InChI=1S/C12H8F3NO4/c13-12(14,15)6-3-1-2-5(4-6)7-8(11(19)20)10(18)16-9(7)17/h1-4,7-8H,(H,19,20)(H,16,17,18). The number of carboxylic acids is 1. The minimum Gasteiger partial charge on any atom is -0.481 e. The van der Waals surface area contributed by atoms with Crippen molar-refractivity contribution in [2.75, 3.05) is 0 Å². The van der Waals surface area contributed by atoms with Crippen molar-refractivity contribution in [2.24, 2.45) is 5.92 Å². The van der Waals surface area contributed by atoms with E-state index in [4.69, 9.17) is 5.11 Å². The first kappa shape index (κ1) is 14.0. The molecule has 0 aromatic heterocycles. The number of alkyl halides is 3. The Hall–Kier alpha value is -2.38. The normalized spacial score (nSPS) is 22.8. The molecule has 0 bridgehead atoms. The van der Waals surface area contributed by atoms with Crippen LogP contribution in [0.2, 0.25) is 0 Å². The van der Waals surface area contributed by atoms with Crippen LogP contribution >= 0.6 is 0 Å². The van der Waals surface area contributed by atoms with Crippen molar-refractivity contribution in [3.63, 3.8) is 0 Å². The van der Waals surface area contributed by atoms with Crippen molar-refractivity contribution in [1.29, 1.82) is 0 Å². The van der Waals surface area contributed by atoms with E-state index >= 15 is 0 Å². The summed E-state index contributed by atoms with van der Waals surface area (Å²) in [7, 11) is 0. The molecule has 0 aliphatic carbocycles. The molecule has 0 spiro atoms. The molecule has 2 atom stereocenters. The molecule has 2 unspecified atom stereocenters. The molecule has 5 nitrogen and oxygen atoms in total. The van der Waals surface area contributed by atoms with Crippen molar-refractivity contribution < 1.29 is 32.7 Å². The van der Waals surface area contributed by atoms with Gasteiger partial charge in [0.25, 0.3) is 0 Å². The maximum atomic E-state index is 12.6. The number of carbonyl (C=O) groups is 3. The largest absolute Gasteiger partial charge is 0.481 e. The zero-order chi connectivity index (χ0) is 15.1. The molecule has 1 fully saturated rings. The van der Waals surface area contributed by atoms with E-state index in [0.717, 1.165) is 12.1 Å². The summed E-state index contributed by atoms with van der Waals surface area (Å²) in [4.78, 5) is 33.9. The summed E-state index contributed by atoms with van der Waals surface area (Å²) in [6.45, 7) is 0. The lowest BCUT2D eigenvalue weighted by molar-refractivity contribution is -0.146. The highest BCUT2D eigenvalue weighted by atomic mass is 19.4. The second-order valence-corrected chi connectivity index (χ2v) is 4.27. The molecule has 1 heterocycles. The zero-order valence-electron chi connectivity index (χ0n) is 9.77. The molecule has 106 valence electrons. The lowest BCUT2D eigenvalue weighted by Gasteiger charge is -2.14. The highest BCUT2D eigenvalue weighted by Crippen LogP contribution is 2.35. The molecule has 2 rings (SSSR count). The van der Waals surface area contributed by atoms with Crippen molar-refractivity contribution in [3.8, 4) is 0 Å². The van der Waals surface area contributed by atoms with Gasteiger partial charge in [0.1, 0.15) is 0 Å². The van der Waals surface area contributed by atoms with Gasteiger partial charge in [-0.25, -0.2) is 0 Å². The number of aliphatic carboxylic acids is 1. The average molecular weight is 287 g/mol. The van der Waals surface area contributed by atoms with Crippen LogP contribution in [-0.4, -0.2) is 22.9 Å². The number of carbonyl (C=O) groups excluding carboxylic acids is 2. The smallest absolute Gasteiger partial charge is 0.416 e. The lowest BCUT2D eigenvalue weighted by Crippen LogP contribution is -2.26.